The zero-order chi connectivity index (χ0) is 14.5. The molecule has 0 bridgehead atoms. The normalized spacial score (nSPS) is 34.1. The van der Waals surface area contributed by atoms with E-state index >= 15 is 0 Å². The minimum Gasteiger partial charge on any atom is -0.378 e. The SMILES string of the molecule is CCNC(CC1CCCCO1)C1CCOC2(CCCC2)C1. The van der Waals surface area contributed by atoms with Crippen molar-refractivity contribution in [3.8, 4) is 0 Å². The minimum atomic E-state index is 0.240. The van der Waals surface area contributed by atoms with Crippen LogP contribution in [0.3, 0.4) is 0 Å². The third-order valence-electron chi connectivity index (χ3n) is 5.87. The summed E-state index contributed by atoms with van der Waals surface area (Å²) in [7, 11) is 0. The molecule has 1 N–H and O–H groups in total. The Hall–Kier alpha value is -0.120. The Morgan fingerprint density at radius 2 is 1.95 bits per heavy atom. The smallest absolute Gasteiger partial charge is 0.0685 e. The van der Waals surface area contributed by atoms with Gasteiger partial charge in [-0.1, -0.05) is 19.8 Å². The molecule has 1 aliphatic carbocycles. The van der Waals surface area contributed by atoms with E-state index in [1.165, 1.54) is 64.2 Å². The van der Waals surface area contributed by atoms with E-state index in [1.54, 1.807) is 0 Å². The zero-order valence-electron chi connectivity index (χ0n) is 13.7. The van der Waals surface area contributed by atoms with E-state index in [0.717, 1.165) is 25.7 Å². The minimum absolute atomic E-state index is 0.240. The predicted octanol–water partition coefficient (Wildman–Crippen LogP) is 3.66. The molecule has 122 valence electrons. The molecule has 3 heteroatoms. The van der Waals surface area contributed by atoms with Crippen LogP contribution >= 0.6 is 0 Å². The third kappa shape index (κ3) is 4.00. The maximum absolute atomic E-state index is 6.22. The molecule has 3 unspecified atom stereocenters. The summed E-state index contributed by atoms with van der Waals surface area (Å²) >= 11 is 0. The van der Waals surface area contributed by atoms with Gasteiger partial charge >= 0.3 is 0 Å². The molecule has 2 aliphatic heterocycles. The summed E-state index contributed by atoms with van der Waals surface area (Å²) in [4.78, 5) is 0. The summed E-state index contributed by atoms with van der Waals surface area (Å²) in [5, 5.41) is 3.77. The van der Waals surface area contributed by atoms with Crippen molar-refractivity contribution < 1.29 is 9.47 Å². The number of hydrogen-bond donors (Lipinski definition) is 1. The molecule has 0 amide bonds. The van der Waals surface area contributed by atoms with Crippen molar-refractivity contribution in [1.29, 1.82) is 0 Å². The van der Waals surface area contributed by atoms with E-state index in [0.29, 0.717) is 12.1 Å². The highest BCUT2D eigenvalue weighted by atomic mass is 16.5. The van der Waals surface area contributed by atoms with Gasteiger partial charge in [0.15, 0.2) is 0 Å². The largest absolute Gasteiger partial charge is 0.378 e. The van der Waals surface area contributed by atoms with Crippen molar-refractivity contribution in [3.05, 3.63) is 0 Å². The fraction of sp³-hybridized carbons (Fsp3) is 1.00. The van der Waals surface area contributed by atoms with Crippen molar-refractivity contribution in [2.24, 2.45) is 5.92 Å². The summed E-state index contributed by atoms with van der Waals surface area (Å²) in [6.45, 7) is 5.25. The van der Waals surface area contributed by atoms with Gasteiger partial charge < -0.3 is 14.8 Å². The van der Waals surface area contributed by atoms with Crippen LogP contribution in [0.4, 0.5) is 0 Å². The van der Waals surface area contributed by atoms with Crippen LogP contribution in [0, 0.1) is 5.92 Å². The molecule has 0 aromatic carbocycles. The van der Waals surface area contributed by atoms with Crippen molar-refractivity contribution in [2.45, 2.75) is 88.9 Å². The number of hydrogen-bond acceptors (Lipinski definition) is 3. The van der Waals surface area contributed by atoms with E-state index in [4.69, 9.17) is 9.47 Å². The number of rotatable bonds is 5. The lowest BCUT2D eigenvalue weighted by molar-refractivity contribution is -0.101. The van der Waals surface area contributed by atoms with Gasteiger partial charge in [-0.05, 0) is 63.8 Å². The second kappa shape index (κ2) is 7.43. The van der Waals surface area contributed by atoms with Crippen molar-refractivity contribution >= 4 is 0 Å². The predicted molar refractivity (Wildman–Crippen MR) is 85.5 cm³/mol. The summed E-state index contributed by atoms with van der Waals surface area (Å²) in [5.41, 5.74) is 0.240. The lowest BCUT2D eigenvalue weighted by Crippen LogP contribution is -2.47. The second-order valence-electron chi connectivity index (χ2n) is 7.38. The molecule has 1 spiro atoms. The second-order valence-corrected chi connectivity index (χ2v) is 7.38. The van der Waals surface area contributed by atoms with Gasteiger partial charge in [0.1, 0.15) is 0 Å². The van der Waals surface area contributed by atoms with Crippen molar-refractivity contribution in [2.75, 3.05) is 19.8 Å². The van der Waals surface area contributed by atoms with Crippen LogP contribution in [0.2, 0.25) is 0 Å². The van der Waals surface area contributed by atoms with Crippen LogP contribution in [0.15, 0.2) is 0 Å². The van der Waals surface area contributed by atoms with Gasteiger partial charge in [0.25, 0.3) is 0 Å². The first-order chi connectivity index (χ1) is 10.3. The number of ether oxygens (including phenoxy) is 2. The van der Waals surface area contributed by atoms with Gasteiger partial charge in [-0.15, -0.1) is 0 Å². The molecule has 3 atom stereocenters. The van der Waals surface area contributed by atoms with Crippen LogP contribution in [0.1, 0.15) is 71.1 Å². The van der Waals surface area contributed by atoms with E-state index in [9.17, 15) is 0 Å². The highest BCUT2D eigenvalue weighted by molar-refractivity contribution is 4.95. The van der Waals surface area contributed by atoms with Crippen LogP contribution in [0.5, 0.6) is 0 Å². The Kier molecular flexibility index (Phi) is 5.58. The molecule has 3 aliphatic rings. The lowest BCUT2D eigenvalue weighted by atomic mass is 9.78. The molecule has 3 nitrogen and oxygen atoms in total. The summed E-state index contributed by atoms with van der Waals surface area (Å²) in [5.74, 6) is 0.780. The molecule has 0 aromatic rings. The highest BCUT2D eigenvalue weighted by Crippen LogP contribution is 2.43. The van der Waals surface area contributed by atoms with Gasteiger partial charge in [0, 0.05) is 19.3 Å². The van der Waals surface area contributed by atoms with Crippen molar-refractivity contribution in [3.63, 3.8) is 0 Å². The van der Waals surface area contributed by atoms with Gasteiger partial charge in [-0.2, -0.15) is 0 Å². The summed E-state index contributed by atoms with van der Waals surface area (Å²) < 4.78 is 12.2. The molecule has 3 rings (SSSR count). The fourth-order valence-corrected chi connectivity index (χ4v) is 4.76. The van der Waals surface area contributed by atoms with E-state index in [2.05, 4.69) is 12.2 Å². The first-order valence-electron chi connectivity index (χ1n) is 9.30. The average Bonchev–Trinajstić information content (AvgIpc) is 2.96. The van der Waals surface area contributed by atoms with Gasteiger partial charge in [-0.25, -0.2) is 0 Å². The number of nitrogens with one attached hydrogen (secondary N) is 1. The Morgan fingerprint density at radius 3 is 2.67 bits per heavy atom. The van der Waals surface area contributed by atoms with Crippen molar-refractivity contribution in [1.82, 2.24) is 5.32 Å². The molecule has 2 heterocycles. The molecule has 0 aromatic heterocycles. The highest BCUT2D eigenvalue weighted by Gasteiger charge is 2.42. The maximum atomic E-state index is 6.22. The molecule has 0 radical (unpaired) electrons. The van der Waals surface area contributed by atoms with Crippen LogP contribution in [-0.2, 0) is 9.47 Å². The first-order valence-corrected chi connectivity index (χ1v) is 9.30. The quantitative estimate of drug-likeness (QED) is 0.839. The lowest BCUT2D eigenvalue weighted by Gasteiger charge is -2.42. The molecular weight excluding hydrogens is 262 g/mol. The molecule has 1 saturated carbocycles. The third-order valence-corrected chi connectivity index (χ3v) is 5.87. The topological polar surface area (TPSA) is 30.5 Å². The molecule has 3 fully saturated rings. The summed E-state index contributed by atoms with van der Waals surface area (Å²) in [6.07, 6.45) is 13.4. The van der Waals surface area contributed by atoms with Gasteiger partial charge in [0.2, 0.25) is 0 Å². The maximum Gasteiger partial charge on any atom is 0.0685 e. The molecular formula is C18H33NO2. The Labute approximate surface area is 130 Å². The average molecular weight is 295 g/mol. The van der Waals surface area contributed by atoms with E-state index < -0.39 is 0 Å². The molecule has 2 saturated heterocycles. The van der Waals surface area contributed by atoms with E-state index in [1.807, 2.05) is 0 Å². The Morgan fingerprint density at radius 1 is 1.10 bits per heavy atom. The Balaban J connectivity index is 1.59. The summed E-state index contributed by atoms with van der Waals surface area (Å²) in [6, 6.07) is 0.625. The standard InChI is InChI=1S/C18H33NO2/c1-2-19-17(13-16-7-3-6-11-20-16)15-8-12-21-18(14-15)9-4-5-10-18/h15-17,19H,2-14H2,1H3. The molecule has 21 heavy (non-hydrogen) atoms. The van der Waals surface area contributed by atoms with Crippen LogP contribution in [0.25, 0.3) is 0 Å². The van der Waals surface area contributed by atoms with Crippen LogP contribution in [-0.4, -0.2) is 37.5 Å². The zero-order valence-corrected chi connectivity index (χ0v) is 13.7. The van der Waals surface area contributed by atoms with Gasteiger partial charge in [-0.3, -0.25) is 0 Å². The van der Waals surface area contributed by atoms with Crippen LogP contribution < -0.4 is 5.32 Å². The Bertz CT molecular complexity index is 308. The fourth-order valence-electron chi connectivity index (χ4n) is 4.76. The van der Waals surface area contributed by atoms with E-state index in [-0.39, 0.29) is 5.60 Å². The first kappa shape index (κ1) is 15.8. The van der Waals surface area contributed by atoms with Gasteiger partial charge in [0.05, 0.1) is 11.7 Å². The monoisotopic (exact) mass is 295 g/mol.